The number of nitrogens with zero attached hydrogens (tertiary/aromatic N) is 2. The van der Waals surface area contributed by atoms with Crippen molar-refractivity contribution in [2.24, 2.45) is 10.2 Å². The molecule has 0 heterocycles. The second-order valence-electron chi connectivity index (χ2n) is 5.17. The zero-order chi connectivity index (χ0) is 18.9. The predicted molar refractivity (Wildman–Crippen MR) is 92.9 cm³/mol. The number of carboxylic acids is 2. The van der Waals surface area contributed by atoms with Gasteiger partial charge >= 0.3 is 18.0 Å². The average Bonchev–Trinajstić information content (AvgIpc) is 2.61. The standard InChI is InChI=1S/C17H16N4O5/c22-15(23)10-14(16(24)25)19-17(26)18-11-6-8-13(9-7-11)21-20-12-4-2-1-3-5-12/h1-9,14H,10H2,(H,22,23)(H,24,25)(H2,18,19,26)/t14-/m1/s1. The van der Waals surface area contributed by atoms with E-state index in [-0.39, 0.29) is 0 Å². The monoisotopic (exact) mass is 356 g/mol. The number of aliphatic carboxylic acids is 2. The maximum absolute atomic E-state index is 11.8. The number of nitrogens with one attached hydrogen (secondary N) is 2. The summed E-state index contributed by atoms with van der Waals surface area (Å²) in [5.74, 6) is -2.76. The normalized spacial score (nSPS) is 11.7. The first kappa shape index (κ1) is 18.6. The van der Waals surface area contributed by atoms with Gasteiger partial charge in [0, 0.05) is 5.69 Å². The minimum absolute atomic E-state index is 0.389. The fourth-order valence-electron chi connectivity index (χ4n) is 1.92. The second-order valence-corrected chi connectivity index (χ2v) is 5.17. The summed E-state index contributed by atoms with van der Waals surface area (Å²) in [6.07, 6.45) is -0.721. The summed E-state index contributed by atoms with van der Waals surface area (Å²) in [6.45, 7) is 0. The van der Waals surface area contributed by atoms with Crippen LogP contribution in [-0.2, 0) is 9.59 Å². The molecule has 9 heteroatoms. The Labute approximate surface area is 148 Å². The number of hydrogen-bond donors (Lipinski definition) is 4. The highest BCUT2D eigenvalue weighted by molar-refractivity contribution is 5.93. The van der Waals surface area contributed by atoms with Crippen molar-refractivity contribution < 1.29 is 24.6 Å². The Morgan fingerprint density at radius 1 is 0.885 bits per heavy atom. The van der Waals surface area contributed by atoms with E-state index >= 15 is 0 Å². The summed E-state index contributed by atoms with van der Waals surface area (Å²) in [4.78, 5) is 33.3. The van der Waals surface area contributed by atoms with E-state index in [1.165, 1.54) is 0 Å². The fraction of sp³-hybridized carbons (Fsp3) is 0.118. The molecule has 26 heavy (non-hydrogen) atoms. The maximum Gasteiger partial charge on any atom is 0.326 e. The van der Waals surface area contributed by atoms with Gasteiger partial charge in [0.2, 0.25) is 0 Å². The molecule has 0 radical (unpaired) electrons. The third-order valence-electron chi connectivity index (χ3n) is 3.14. The largest absolute Gasteiger partial charge is 0.481 e. The van der Waals surface area contributed by atoms with Crippen molar-refractivity contribution in [3.8, 4) is 0 Å². The SMILES string of the molecule is O=C(O)C[C@@H](NC(=O)Nc1ccc(N=Nc2ccccc2)cc1)C(=O)O. The lowest BCUT2D eigenvalue weighted by Gasteiger charge is -2.13. The predicted octanol–water partition coefficient (Wildman–Crippen LogP) is 3.15. The molecular weight excluding hydrogens is 340 g/mol. The van der Waals surface area contributed by atoms with E-state index in [0.717, 1.165) is 0 Å². The molecule has 0 aliphatic carbocycles. The number of carbonyl (C=O) groups is 3. The molecule has 0 aliphatic heterocycles. The summed E-state index contributed by atoms with van der Waals surface area (Å²) in [6, 6.07) is 13.2. The van der Waals surface area contributed by atoms with Crippen molar-refractivity contribution in [2.45, 2.75) is 12.5 Å². The molecule has 0 aliphatic rings. The number of azo groups is 1. The number of anilines is 1. The van der Waals surface area contributed by atoms with E-state index in [1.54, 1.807) is 36.4 Å². The quantitative estimate of drug-likeness (QED) is 0.564. The molecule has 0 saturated heterocycles. The summed E-state index contributed by atoms with van der Waals surface area (Å²) in [7, 11) is 0. The Balaban J connectivity index is 1.93. The van der Waals surface area contributed by atoms with Crippen LogP contribution in [-0.4, -0.2) is 34.2 Å². The second kappa shape index (κ2) is 8.92. The highest BCUT2D eigenvalue weighted by atomic mass is 16.4. The number of urea groups is 1. The molecule has 2 aromatic rings. The highest BCUT2D eigenvalue weighted by Crippen LogP contribution is 2.19. The zero-order valence-corrected chi connectivity index (χ0v) is 13.5. The molecular formula is C17H16N4O5. The molecule has 2 amide bonds. The Kier molecular flexibility index (Phi) is 6.38. The van der Waals surface area contributed by atoms with Gasteiger partial charge in [0.05, 0.1) is 17.8 Å². The zero-order valence-electron chi connectivity index (χ0n) is 13.5. The molecule has 0 spiro atoms. The molecule has 1 atom stereocenters. The number of amides is 2. The minimum atomic E-state index is -1.52. The van der Waals surface area contributed by atoms with E-state index in [1.807, 2.05) is 18.2 Å². The van der Waals surface area contributed by atoms with E-state index in [4.69, 9.17) is 10.2 Å². The third kappa shape index (κ3) is 6.04. The number of rotatable bonds is 7. The van der Waals surface area contributed by atoms with Crippen LogP contribution in [0.2, 0.25) is 0 Å². The molecule has 0 fully saturated rings. The lowest BCUT2D eigenvalue weighted by molar-refractivity contribution is -0.145. The Hall–Kier alpha value is -3.75. The lowest BCUT2D eigenvalue weighted by atomic mass is 10.2. The number of carbonyl (C=O) groups excluding carboxylic acids is 1. The van der Waals surface area contributed by atoms with Gasteiger partial charge in [0.15, 0.2) is 0 Å². The number of hydrogen-bond acceptors (Lipinski definition) is 5. The summed E-state index contributed by atoms with van der Waals surface area (Å²) >= 11 is 0. The summed E-state index contributed by atoms with van der Waals surface area (Å²) < 4.78 is 0. The van der Waals surface area contributed by atoms with Crippen molar-refractivity contribution in [3.05, 3.63) is 54.6 Å². The van der Waals surface area contributed by atoms with Crippen LogP contribution in [0.4, 0.5) is 21.9 Å². The van der Waals surface area contributed by atoms with Crippen molar-refractivity contribution in [1.29, 1.82) is 0 Å². The van der Waals surface area contributed by atoms with Crippen LogP contribution in [0.5, 0.6) is 0 Å². The van der Waals surface area contributed by atoms with E-state index in [0.29, 0.717) is 17.1 Å². The molecule has 0 unspecified atom stereocenters. The molecule has 134 valence electrons. The van der Waals surface area contributed by atoms with Gasteiger partial charge in [0.25, 0.3) is 0 Å². The van der Waals surface area contributed by atoms with Gasteiger partial charge in [-0.1, -0.05) is 18.2 Å². The topological polar surface area (TPSA) is 140 Å². The van der Waals surface area contributed by atoms with Crippen molar-refractivity contribution in [1.82, 2.24) is 5.32 Å². The van der Waals surface area contributed by atoms with Crippen molar-refractivity contribution >= 4 is 35.0 Å². The van der Waals surface area contributed by atoms with Gasteiger partial charge in [-0.15, -0.1) is 0 Å². The van der Waals surface area contributed by atoms with Gasteiger partial charge in [-0.05, 0) is 36.4 Å². The summed E-state index contributed by atoms with van der Waals surface area (Å²) in [5, 5.41) is 30.2. The molecule has 0 aromatic heterocycles. The summed E-state index contributed by atoms with van der Waals surface area (Å²) in [5.41, 5.74) is 1.65. The van der Waals surface area contributed by atoms with Crippen LogP contribution in [0.15, 0.2) is 64.8 Å². The first-order chi connectivity index (χ1) is 12.4. The van der Waals surface area contributed by atoms with Crippen LogP contribution in [0.3, 0.4) is 0 Å². The van der Waals surface area contributed by atoms with Crippen LogP contribution in [0, 0.1) is 0 Å². The number of benzene rings is 2. The van der Waals surface area contributed by atoms with Crippen LogP contribution >= 0.6 is 0 Å². The minimum Gasteiger partial charge on any atom is -0.481 e. The van der Waals surface area contributed by atoms with E-state index in [2.05, 4.69) is 20.9 Å². The van der Waals surface area contributed by atoms with Gasteiger partial charge < -0.3 is 20.8 Å². The molecule has 2 rings (SSSR count). The smallest absolute Gasteiger partial charge is 0.326 e. The average molecular weight is 356 g/mol. The molecule has 0 saturated carbocycles. The molecule has 9 nitrogen and oxygen atoms in total. The maximum atomic E-state index is 11.8. The Morgan fingerprint density at radius 2 is 1.46 bits per heavy atom. The lowest BCUT2D eigenvalue weighted by Crippen LogP contribution is -2.44. The number of carboxylic acid groups (broad SMARTS) is 2. The molecule has 2 aromatic carbocycles. The van der Waals surface area contributed by atoms with Crippen LogP contribution in [0.1, 0.15) is 6.42 Å². The van der Waals surface area contributed by atoms with E-state index in [9.17, 15) is 14.4 Å². The Morgan fingerprint density at radius 3 is 2.00 bits per heavy atom. The van der Waals surface area contributed by atoms with Gasteiger partial charge in [0.1, 0.15) is 6.04 Å². The first-order valence-electron chi connectivity index (χ1n) is 7.53. The van der Waals surface area contributed by atoms with E-state index < -0.39 is 30.4 Å². The van der Waals surface area contributed by atoms with Crippen molar-refractivity contribution in [2.75, 3.05) is 5.32 Å². The van der Waals surface area contributed by atoms with Crippen LogP contribution < -0.4 is 10.6 Å². The molecule has 0 bridgehead atoms. The van der Waals surface area contributed by atoms with Crippen LogP contribution in [0.25, 0.3) is 0 Å². The third-order valence-corrected chi connectivity index (χ3v) is 3.14. The van der Waals surface area contributed by atoms with Gasteiger partial charge in [-0.25, -0.2) is 9.59 Å². The molecule has 4 N–H and O–H groups in total. The fourth-order valence-corrected chi connectivity index (χ4v) is 1.92. The van der Waals surface area contributed by atoms with Crippen molar-refractivity contribution in [3.63, 3.8) is 0 Å². The first-order valence-corrected chi connectivity index (χ1v) is 7.53. The van der Waals surface area contributed by atoms with Gasteiger partial charge in [-0.2, -0.15) is 10.2 Å². The highest BCUT2D eigenvalue weighted by Gasteiger charge is 2.22. The van der Waals surface area contributed by atoms with Gasteiger partial charge in [-0.3, -0.25) is 4.79 Å². The Bertz CT molecular complexity index is 806.